The van der Waals surface area contributed by atoms with Crippen LogP contribution in [0.15, 0.2) is 47.3 Å². The molecule has 0 unspecified atom stereocenters. The van der Waals surface area contributed by atoms with E-state index in [2.05, 4.69) is 41.2 Å². The molecule has 0 aliphatic carbocycles. The van der Waals surface area contributed by atoms with Crippen molar-refractivity contribution in [2.24, 2.45) is 0 Å². The fraction of sp³-hybridized carbons (Fsp3) is 0.0625. The van der Waals surface area contributed by atoms with Gasteiger partial charge in [-0.2, -0.15) is 0 Å². The van der Waals surface area contributed by atoms with E-state index < -0.39 is 0 Å². The molecule has 7 heteroatoms. The zero-order chi connectivity index (χ0) is 15.1. The summed E-state index contributed by atoms with van der Waals surface area (Å²) in [6.45, 7) is 1.89. The lowest BCUT2D eigenvalue weighted by Gasteiger charge is -2.11. The highest BCUT2D eigenvalue weighted by Gasteiger charge is 2.12. The van der Waals surface area contributed by atoms with Gasteiger partial charge in [0.2, 0.25) is 0 Å². The van der Waals surface area contributed by atoms with Crippen molar-refractivity contribution < 1.29 is 0 Å². The van der Waals surface area contributed by atoms with Crippen LogP contribution in [0.25, 0.3) is 21.9 Å². The van der Waals surface area contributed by atoms with Crippen LogP contribution in [-0.2, 0) is 0 Å². The molecule has 0 aliphatic rings. The molecule has 2 aromatic carbocycles. The molecule has 5 nitrogen and oxygen atoms in total. The Labute approximate surface area is 147 Å². The van der Waals surface area contributed by atoms with Crippen molar-refractivity contribution >= 4 is 61.6 Å². The van der Waals surface area contributed by atoms with Crippen LogP contribution in [0, 0.1) is 6.92 Å². The Morgan fingerprint density at radius 2 is 2.00 bits per heavy atom. The topological polar surface area (TPSA) is 66.5 Å². The van der Waals surface area contributed by atoms with Crippen LogP contribution in [-0.4, -0.2) is 19.9 Å². The molecule has 4 rings (SSSR count). The Morgan fingerprint density at radius 3 is 2.83 bits per heavy atom. The first kappa shape index (κ1) is 15.7. The third-order valence-corrected chi connectivity index (χ3v) is 3.97. The van der Waals surface area contributed by atoms with Gasteiger partial charge in [0, 0.05) is 21.7 Å². The fourth-order valence-electron chi connectivity index (χ4n) is 2.50. The number of anilines is 2. The van der Waals surface area contributed by atoms with Gasteiger partial charge in [-0.1, -0.05) is 22.0 Å². The average molecular weight is 391 g/mol. The van der Waals surface area contributed by atoms with Crippen molar-refractivity contribution in [2.45, 2.75) is 6.92 Å². The molecule has 0 spiro atoms. The van der Waals surface area contributed by atoms with Crippen molar-refractivity contribution in [2.75, 3.05) is 5.32 Å². The Morgan fingerprint density at radius 1 is 1.13 bits per heavy atom. The van der Waals surface area contributed by atoms with Crippen molar-refractivity contribution in [1.29, 1.82) is 0 Å². The van der Waals surface area contributed by atoms with Gasteiger partial charge in [0.15, 0.2) is 0 Å². The zero-order valence-corrected chi connectivity index (χ0v) is 14.6. The number of aromatic nitrogens is 4. The molecule has 0 atom stereocenters. The maximum atomic E-state index is 4.58. The monoisotopic (exact) mass is 389 g/mol. The Bertz CT molecular complexity index is 998. The minimum Gasteiger partial charge on any atom is -0.352 e. The predicted molar refractivity (Wildman–Crippen MR) is 98.6 cm³/mol. The quantitative estimate of drug-likeness (QED) is 0.519. The third kappa shape index (κ3) is 2.87. The molecule has 2 heterocycles. The largest absolute Gasteiger partial charge is 0.352 e. The van der Waals surface area contributed by atoms with Crippen LogP contribution in [0.3, 0.4) is 0 Å². The van der Waals surface area contributed by atoms with Gasteiger partial charge in [0.25, 0.3) is 0 Å². The summed E-state index contributed by atoms with van der Waals surface area (Å²) in [4.78, 5) is 16.4. The summed E-state index contributed by atoms with van der Waals surface area (Å²) < 4.78 is 1.02. The van der Waals surface area contributed by atoms with Crippen LogP contribution in [0.1, 0.15) is 5.82 Å². The molecule has 0 radical (unpaired) electrons. The SMILES string of the molecule is Cc1ncc2cc3[nH]cnc3c(Nc3cccc(Br)c3)c2n1.Cl. The summed E-state index contributed by atoms with van der Waals surface area (Å²) in [6.07, 6.45) is 3.53. The van der Waals surface area contributed by atoms with E-state index >= 15 is 0 Å². The number of hydrogen-bond acceptors (Lipinski definition) is 4. The van der Waals surface area contributed by atoms with E-state index in [-0.39, 0.29) is 12.4 Å². The smallest absolute Gasteiger partial charge is 0.125 e. The number of halogens is 2. The summed E-state index contributed by atoms with van der Waals surface area (Å²) in [7, 11) is 0. The van der Waals surface area contributed by atoms with Crippen LogP contribution < -0.4 is 5.32 Å². The van der Waals surface area contributed by atoms with E-state index in [9.17, 15) is 0 Å². The van der Waals surface area contributed by atoms with Gasteiger partial charge < -0.3 is 10.3 Å². The van der Waals surface area contributed by atoms with Gasteiger partial charge >= 0.3 is 0 Å². The van der Waals surface area contributed by atoms with Crippen molar-refractivity contribution in [3.63, 3.8) is 0 Å². The molecule has 0 saturated carbocycles. The number of nitrogens with one attached hydrogen (secondary N) is 2. The van der Waals surface area contributed by atoms with Crippen LogP contribution in [0.5, 0.6) is 0 Å². The van der Waals surface area contributed by atoms with Gasteiger partial charge in [-0.05, 0) is 31.2 Å². The second kappa shape index (κ2) is 6.14. The zero-order valence-electron chi connectivity index (χ0n) is 12.2. The maximum absolute atomic E-state index is 4.58. The number of rotatable bonds is 2. The Hall–Kier alpha value is -2.18. The number of aryl methyl sites for hydroxylation is 1. The highest BCUT2D eigenvalue weighted by Crippen LogP contribution is 2.32. The highest BCUT2D eigenvalue weighted by atomic mass is 79.9. The molecule has 23 heavy (non-hydrogen) atoms. The number of benzene rings is 2. The van der Waals surface area contributed by atoms with E-state index in [1.807, 2.05) is 43.5 Å². The lowest BCUT2D eigenvalue weighted by atomic mass is 10.1. The molecule has 2 aromatic heterocycles. The minimum absolute atomic E-state index is 0. The number of hydrogen-bond donors (Lipinski definition) is 2. The van der Waals surface area contributed by atoms with Gasteiger partial charge in [0.05, 0.1) is 23.0 Å². The van der Waals surface area contributed by atoms with Crippen LogP contribution in [0.2, 0.25) is 0 Å². The summed E-state index contributed by atoms with van der Waals surface area (Å²) >= 11 is 3.49. The molecule has 0 saturated heterocycles. The lowest BCUT2D eigenvalue weighted by Crippen LogP contribution is -1.97. The summed E-state index contributed by atoms with van der Waals surface area (Å²) in [5.41, 5.74) is 4.55. The van der Waals surface area contributed by atoms with Crippen LogP contribution >= 0.6 is 28.3 Å². The molecule has 0 bridgehead atoms. The molecule has 0 aliphatic heterocycles. The third-order valence-electron chi connectivity index (χ3n) is 3.47. The van der Waals surface area contributed by atoms with E-state index in [1.165, 1.54) is 0 Å². The van der Waals surface area contributed by atoms with E-state index in [0.29, 0.717) is 0 Å². The molecule has 2 N–H and O–H groups in total. The molecular formula is C16H13BrClN5. The Balaban J connectivity index is 0.00000156. The summed E-state index contributed by atoms with van der Waals surface area (Å²) in [5.74, 6) is 0.736. The number of H-pyrrole nitrogens is 1. The second-order valence-electron chi connectivity index (χ2n) is 5.04. The molecular weight excluding hydrogens is 378 g/mol. The lowest BCUT2D eigenvalue weighted by molar-refractivity contribution is 1.09. The summed E-state index contributed by atoms with van der Waals surface area (Å²) in [5, 5.41) is 4.41. The second-order valence-corrected chi connectivity index (χ2v) is 5.96. The predicted octanol–water partition coefficient (Wildman–Crippen LogP) is 4.74. The number of fused-ring (bicyclic) bond motifs is 2. The van der Waals surface area contributed by atoms with Crippen molar-refractivity contribution in [1.82, 2.24) is 19.9 Å². The van der Waals surface area contributed by atoms with Gasteiger partial charge in [-0.25, -0.2) is 15.0 Å². The molecule has 0 amide bonds. The summed E-state index contributed by atoms with van der Waals surface area (Å²) in [6, 6.07) is 10.0. The first-order valence-electron chi connectivity index (χ1n) is 6.83. The normalized spacial score (nSPS) is 10.7. The minimum atomic E-state index is 0. The standard InChI is InChI=1S/C16H12BrN5.ClH/c1-9-18-7-10-5-13-15(20-8-19-13)16(14(10)21-9)22-12-4-2-3-11(17)6-12;/h2-8,22H,1H3,(H,19,20);1H. The number of nitrogens with zero attached hydrogens (tertiary/aromatic N) is 3. The average Bonchev–Trinajstić information content (AvgIpc) is 2.96. The maximum Gasteiger partial charge on any atom is 0.125 e. The highest BCUT2D eigenvalue weighted by molar-refractivity contribution is 9.10. The van der Waals surface area contributed by atoms with E-state index in [4.69, 9.17) is 0 Å². The van der Waals surface area contributed by atoms with Crippen molar-refractivity contribution in [3.8, 4) is 0 Å². The van der Waals surface area contributed by atoms with Crippen LogP contribution in [0.4, 0.5) is 11.4 Å². The molecule has 4 aromatic rings. The van der Waals surface area contributed by atoms with Gasteiger partial charge in [-0.3, -0.25) is 0 Å². The van der Waals surface area contributed by atoms with Gasteiger partial charge in [0.1, 0.15) is 11.3 Å². The molecule has 0 fully saturated rings. The first-order chi connectivity index (χ1) is 10.7. The van der Waals surface area contributed by atoms with Crippen molar-refractivity contribution in [3.05, 3.63) is 53.2 Å². The molecule has 116 valence electrons. The van der Waals surface area contributed by atoms with E-state index in [1.54, 1.807) is 6.33 Å². The number of imidazole rings is 1. The fourth-order valence-corrected chi connectivity index (χ4v) is 2.89. The first-order valence-corrected chi connectivity index (χ1v) is 7.62. The van der Waals surface area contributed by atoms with Gasteiger partial charge in [-0.15, -0.1) is 12.4 Å². The van der Waals surface area contributed by atoms with E-state index in [0.717, 1.165) is 43.6 Å². The number of aromatic amines is 1. The Kier molecular flexibility index (Phi) is 4.19.